The van der Waals surface area contributed by atoms with Gasteiger partial charge >= 0.3 is 0 Å². The maximum atomic E-state index is 5.37. The number of hydrogen-bond acceptors (Lipinski definition) is 3. The van der Waals surface area contributed by atoms with E-state index in [0.29, 0.717) is 0 Å². The van der Waals surface area contributed by atoms with E-state index in [1.807, 2.05) is 6.92 Å². The van der Waals surface area contributed by atoms with E-state index in [4.69, 9.17) is 4.42 Å². The van der Waals surface area contributed by atoms with Crippen LogP contribution >= 0.6 is 0 Å². The van der Waals surface area contributed by atoms with Gasteiger partial charge in [-0.1, -0.05) is 13.8 Å². The normalized spacial score (nSPS) is 11.1. The molecule has 0 fully saturated rings. The lowest BCUT2D eigenvalue weighted by Gasteiger charge is -2.05. The molecule has 0 aliphatic carbocycles. The van der Waals surface area contributed by atoms with Crippen LogP contribution in [0.1, 0.15) is 31.9 Å². The van der Waals surface area contributed by atoms with Crippen LogP contribution in [0.25, 0.3) is 0 Å². The molecule has 14 heavy (non-hydrogen) atoms. The number of nitrogens with one attached hydrogen (secondary N) is 1. The first-order valence-electron chi connectivity index (χ1n) is 5.30. The zero-order valence-electron chi connectivity index (χ0n) is 9.34. The van der Waals surface area contributed by atoms with Gasteiger partial charge in [-0.05, 0) is 32.4 Å². The van der Waals surface area contributed by atoms with E-state index >= 15 is 0 Å². The van der Waals surface area contributed by atoms with E-state index in [-0.39, 0.29) is 0 Å². The number of aryl methyl sites for hydroxylation is 2. The minimum Gasteiger partial charge on any atom is -0.446 e. The fourth-order valence-corrected chi connectivity index (χ4v) is 1.27. The van der Waals surface area contributed by atoms with Crippen LogP contribution in [0.2, 0.25) is 0 Å². The molecule has 0 amide bonds. The highest BCUT2D eigenvalue weighted by Crippen LogP contribution is 2.03. The summed E-state index contributed by atoms with van der Waals surface area (Å²) >= 11 is 0. The van der Waals surface area contributed by atoms with Crippen LogP contribution in [-0.2, 0) is 6.42 Å². The van der Waals surface area contributed by atoms with Gasteiger partial charge in [0, 0.05) is 6.42 Å². The quantitative estimate of drug-likeness (QED) is 0.708. The van der Waals surface area contributed by atoms with E-state index in [1.165, 1.54) is 0 Å². The lowest BCUT2D eigenvalue weighted by Crippen LogP contribution is -2.21. The van der Waals surface area contributed by atoms with Crippen LogP contribution in [0.15, 0.2) is 10.6 Å². The second kappa shape index (κ2) is 5.81. The Morgan fingerprint density at radius 1 is 1.50 bits per heavy atom. The monoisotopic (exact) mass is 196 g/mol. The topological polar surface area (TPSA) is 38.1 Å². The molecule has 1 rings (SSSR count). The fraction of sp³-hybridized carbons (Fsp3) is 0.727. The third-order valence-corrected chi connectivity index (χ3v) is 1.97. The molecule has 0 spiro atoms. The molecule has 0 aromatic carbocycles. The number of hydrogen-bond donors (Lipinski definition) is 1. The summed E-state index contributed by atoms with van der Waals surface area (Å²) in [6.45, 7) is 8.48. The van der Waals surface area contributed by atoms with Gasteiger partial charge in [0.1, 0.15) is 5.76 Å². The molecule has 1 heterocycles. The largest absolute Gasteiger partial charge is 0.446 e. The summed E-state index contributed by atoms with van der Waals surface area (Å²) in [7, 11) is 0. The molecule has 80 valence electrons. The average molecular weight is 196 g/mol. The standard InChI is InChI=1S/C11H20N2O/c1-9(2)7-12-6-4-5-11-13-8-10(3)14-11/h8-9,12H,4-7H2,1-3H3. The van der Waals surface area contributed by atoms with Crippen LogP contribution in [-0.4, -0.2) is 18.1 Å². The highest BCUT2D eigenvalue weighted by molar-refractivity contribution is 4.90. The van der Waals surface area contributed by atoms with Gasteiger partial charge in [-0.15, -0.1) is 0 Å². The van der Waals surface area contributed by atoms with Crippen molar-refractivity contribution in [2.75, 3.05) is 13.1 Å². The lowest BCUT2D eigenvalue weighted by atomic mass is 10.2. The van der Waals surface area contributed by atoms with Crippen molar-refractivity contribution in [3.8, 4) is 0 Å². The Bertz CT molecular complexity index is 256. The Kier molecular flexibility index (Phi) is 4.66. The maximum Gasteiger partial charge on any atom is 0.194 e. The van der Waals surface area contributed by atoms with Gasteiger partial charge in [0.15, 0.2) is 5.89 Å². The van der Waals surface area contributed by atoms with Crippen molar-refractivity contribution in [1.82, 2.24) is 10.3 Å². The Hall–Kier alpha value is -0.830. The van der Waals surface area contributed by atoms with Crippen LogP contribution in [0.3, 0.4) is 0 Å². The Morgan fingerprint density at radius 2 is 2.29 bits per heavy atom. The highest BCUT2D eigenvalue weighted by Gasteiger charge is 1.99. The van der Waals surface area contributed by atoms with Crippen molar-refractivity contribution < 1.29 is 4.42 Å². The SMILES string of the molecule is Cc1cnc(CCCNCC(C)C)o1. The van der Waals surface area contributed by atoms with Crippen molar-refractivity contribution in [1.29, 1.82) is 0 Å². The molecule has 3 heteroatoms. The Balaban J connectivity index is 2.04. The number of aromatic nitrogens is 1. The summed E-state index contributed by atoms with van der Waals surface area (Å²) in [6.07, 6.45) is 3.79. The van der Waals surface area contributed by atoms with Crippen molar-refractivity contribution in [2.24, 2.45) is 5.92 Å². The first-order chi connectivity index (χ1) is 6.68. The van der Waals surface area contributed by atoms with Crippen LogP contribution in [0.4, 0.5) is 0 Å². The van der Waals surface area contributed by atoms with E-state index < -0.39 is 0 Å². The third kappa shape index (κ3) is 4.42. The molecule has 1 aromatic rings. The number of oxazole rings is 1. The van der Waals surface area contributed by atoms with Gasteiger partial charge in [0.2, 0.25) is 0 Å². The van der Waals surface area contributed by atoms with Gasteiger partial charge in [0.25, 0.3) is 0 Å². The molecule has 0 saturated carbocycles. The summed E-state index contributed by atoms with van der Waals surface area (Å²) in [6, 6.07) is 0. The van der Waals surface area contributed by atoms with Crippen LogP contribution in [0.5, 0.6) is 0 Å². The minimum absolute atomic E-state index is 0.721. The molecule has 1 N–H and O–H groups in total. The minimum atomic E-state index is 0.721. The molecule has 0 radical (unpaired) electrons. The average Bonchev–Trinajstić information content (AvgIpc) is 2.50. The van der Waals surface area contributed by atoms with Gasteiger partial charge in [-0.3, -0.25) is 0 Å². The van der Waals surface area contributed by atoms with E-state index in [1.54, 1.807) is 6.20 Å². The second-order valence-corrected chi connectivity index (χ2v) is 4.07. The first-order valence-corrected chi connectivity index (χ1v) is 5.30. The van der Waals surface area contributed by atoms with Crippen molar-refractivity contribution >= 4 is 0 Å². The fourth-order valence-electron chi connectivity index (χ4n) is 1.27. The van der Waals surface area contributed by atoms with Gasteiger partial charge < -0.3 is 9.73 Å². The zero-order chi connectivity index (χ0) is 10.4. The lowest BCUT2D eigenvalue weighted by molar-refractivity contribution is 0.457. The van der Waals surface area contributed by atoms with Crippen molar-refractivity contribution in [3.05, 3.63) is 17.8 Å². The summed E-state index contributed by atoms with van der Waals surface area (Å²) in [5.74, 6) is 2.47. The molecule has 0 bridgehead atoms. The molecule has 0 saturated heterocycles. The Morgan fingerprint density at radius 3 is 2.86 bits per heavy atom. The highest BCUT2D eigenvalue weighted by atomic mass is 16.3. The molecular formula is C11H20N2O. The molecule has 0 atom stereocenters. The summed E-state index contributed by atoms with van der Waals surface area (Å²) in [4.78, 5) is 4.15. The van der Waals surface area contributed by atoms with Crippen LogP contribution < -0.4 is 5.32 Å². The Labute approximate surface area is 85.9 Å². The van der Waals surface area contributed by atoms with Crippen molar-refractivity contribution in [3.63, 3.8) is 0 Å². The molecule has 0 aliphatic rings. The van der Waals surface area contributed by atoms with E-state index in [0.717, 1.165) is 43.5 Å². The summed E-state index contributed by atoms with van der Waals surface area (Å²) in [5.41, 5.74) is 0. The number of rotatable bonds is 6. The predicted molar refractivity (Wildman–Crippen MR) is 57.3 cm³/mol. The smallest absolute Gasteiger partial charge is 0.194 e. The molecule has 3 nitrogen and oxygen atoms in total. The third-order valence-electron chi connectivity index (χ3n) is 1.97. The molecule has 0 unspecified atom stereocenters. The van der Waals surface area contributed by atoms with Gasteiger partial charge in [0.05, 0.1) is 6.20 Å². The van der Waals surface area contributed by atoms with Gasteiger partial charge in [-0.25, -0.2) is 4.98 Å². The summed E-state index contributed by atoms with van der Waals surface area (Å²) < 4.78 is 5.37. The van der Waals surface area contributed by atoms with Gasteiger partial charge in [-0.2, -0.15) is 0 Å². The molecule has 1 aromatic heterocycles. The van der Waals surface area contributed by atoms with Crippen LogP contribution in [0, 0.1) is 12.8 Å². The van der Waals surface area contributed by atoms with E-state index in [9.17, 15) is 0 Å². The predicted octanol–water partition coefficient (Wildman–Crippen LogP) is 2.16. The number of nitrogens with zero attached hydrogens (tertiary/aromatic N) is 1. The van der Waals surface area contributed by atoms with Crippen molar-refractivity contribution in [2.45, 2.75) is 33.6 Å². The van der Waals surface area contributed by atoms with E-state index in [2.05, 4.69) is 24.1 Å². The summed E-state index contributed by atoms with van der Waals surface area (Å²) in [5, 5.41) is 3.39. The molecular weight excluding hydrogens is 176 g/mol. The first kappa shape index (κ1) is 11.2. The zero-order valence-corrected chi connectivity index (χ0v) is 9.34. The maximum absolute atomic E-state index is 5.37. The second-order valence-electron chi connectivity index (χ2n) is 4.07. The molecule has 0 aliphatic heterocycles.